The molecule has 1 aliphatic rings. The predicted octanol–water partition coefficient (Wildman–Crippen LogP) is 1.93. The Kier molecular flexibility index (Phi) is 4.20. The van der Waals surface area contributed by atoms with Gasteiger partial charge in [-0.15, -0.1) is 0 Å². The van der Waals surface area contributed by atoms with Crippen LogP contribution in [-0.2, 0) is 4.74 Å². The van der Waals surface area contributed by atoms with E-state index in [9.17, 15) is 0 Å². The van der Waals surface area contributed by atoms with E-state index >= 15 is 0 Å². The molecule has 0 amide bonds. The lowest BCUT2D eigenvalue weighted by Crippen LogP contribution is -2.24. The van der Waals surface area contributed by atoms with E-state index in [1.807, 2.05) is 0 Å². The van der Waals surface area contributed by atoms with Crippen molar-refractivity contribution in [3.8, 4) is 0 Å². The molecule has 1 fully saturated rings. The smallest absolute Gasteiger partial charge is 0.0468 e. The first-order chi connectivity index (χ1) is 5.33. The highest BCUT2D eigenvalue weighted by Gasteiger charge is 2.15. The maximum absolute atomic E-state index is 5.49. The fourth-order valence-electron chi connectivity index (χ4n) is 1.53. The summed E-state index contributed by atoms with van der Waals surface area (Å²) >= 11 is 5.49. The van der Waals surface area contributed by atoms with Crippen LogP contribution in [0.2, 0.25) is 0 Å². The monoisotopic (exact) mass is 177 g/mol. The standard InChI is InChI=1S/C8H16ClNO/c1-7(10-9)6-8-2-4-11-5-3-8/h7-8,10H,2-6H2,1H3/t7-/m0/s1. The fraction of sp³-hybridized carbons (Fsp3) is 1.00. The Morgan fingerprint density at radius 2 is 2.18 bits per heavy atom. The van der Waals surface area contributed by atoms with Gasteiger partial charge in [0.15, 0.2) is 0 Å². The molecule has 1 N–H and O–H groups in total. The number of ether oxygens (including phenoxy) is 1. The molecule has 66 valence electrons. The normalized spacial score (nSPS) is 23.5. The Hall–Kier alpha value is 0.210. The van der Waals surface area contributed by atoms with Gasteiger partial charge in [-0.3, -0.25) is 0 Å². The molecule has 1 aliphatic heterocycles. The van der Waals surface area contributed by atoms with Crippen molar-refractivity contribution >= 4 is 11.8 Å². The summed E-state index contributed by atoms with van der Waals surface area (Å²) in [6, 6.07) is 0.430. The van der Waals surface area contributed by atoms with Gasteiger partial charge in [0.2, 0.25) is 0 Å². The van der Waals surface area contributed by atoms with Gasteiger partial charge in [0.05, 0.1) is 0 Å². The predicted molar refractivity (Wildman–Crippen MR) is 46.6 cm³/mol. The summed E-state index contributed by atoms with van der Waals surface area (Å²) in [7, 11) is 0. The number of rotatable bonds is 3. The Labute approximate surface area is 73.4 Å². The topological polar surface area (TPSA) is 21.3 Å². The van der Waals surface area contributed by atoms with E-state index in [0.29, 0.717) is 6.04 Å². The summed E-state index contributed by atoms with van der Waals surface area (Å²) in [5.41, 5.74) is 0. The van der Waals surface area contributed by atoms with Crippen LogP contribution in [0, 0.1) is 5.92 Å². The van der Waals surface area contributed by atoms with Crippen LogP contribution in [-0.4, -0.2) is 19.3 Å². The lowest BCUT2D eigenvalue weighted by Gasteiger charge is -2.23. The van der Waals surface area contributed by atoms with Crippen molar-refractivity contribution in [2.75, 3.05) is 13.2 Å². The largest absolute Gasteiger partial charge is 0.381 e. The number of halogens is 1. The van der Waals surface area contributed by atoms with Crippen LogP contribution in [0.1, 0.15) is 26.2 Å². The molecule has 1 saturated heterocycles. The molecular weight excluding hydrogens is 162 g/mol. The van der Waals surface area contributed by atoms with Gasteiger partial charge in [-0.05, 0) is 43.9 Å². The van der Waals surface area contributed by atoms with E-state index in [4.69, 9.17) is 16.5 Å². The molecule has 11 heavy (non-hydrogen) atoms. The van der Waals surface area contributed by atoms with Crippen LogP contribution in [0.25, 0.3) is 0 Å². The van der Waals surface area contributed by atoms with Crippen LogP contribution in [0.15, 0.2) is 0 Å². The Bertz CT molecular complexity index is 104. The van der Waals surface area contributed by atoms with Crippen molar-refractivity contribution in [1.82, 2.24) is 4.84 Å². The maximum atomic E-state index is 5.49. The molecular formula is C8H16ClNO. The summed E-state index contributed by atoms with van der Waals surface area (Å²) in [5.74, 6) is 0.810. The highest BCUT2D eigenvalue weighted by Crippen LogP contribution is 2.19. The van der Waals surface area contributed by atoms with Gasteiger partial charge in [-0.25, -0.2) is 4.84 Å². The lowest BCUT2D eigenvalue weighted by molar-refractivity contribution is 0.0619. The third-order valence-electron chi connectivity index (χ3n) is 2.21. The second kappa shape index (κ2) is 4.96. The molecule has 0 aliphatic carbocycles. The molecule has 1 heterocycles. The summed E-state index contributed by atoms with van der Waals surface area (Å²) < 4.78 is 5.26. The molecule has 0 bridgehead atoms. The molecule has 2 nitrogen and oxygen atoms in total. The Morgan fingerprint density at radius 3 is 2.73 bits per heavy atom. The van der Waals surface area contributed by atoms with Gasteiger partial charge < -0.3 is 4.74 Å². The lowest BCUT2D eigenvalue weighted by atomic mass is 9.93. The third-order valence-corrected chi connectivity index (χ3v) is 2.59. The average molecular weight is 178 g/mol. The highest BCUT2D eigenvalue weighted by molar-refractivity contribution is 6.13. The summed E-state index contributed by atoms with van der Waals surface area (Å²) in [5, 5.41) is 0. The van der Waals surface area contributed by atoms with Crippen molar-refractivity contribution in [3.63, 3.8) is 0 Å². The van der Waals surface area contributed by atoms with Crippen molar-refractivity contribution in [2.45, 2.75) is 32.2 Å². The zero-order valence-corrected chi connectivity index (χ0v) is 7.73. The van der Waals surface area contributed by atoms with E-state index in [0.717, 1.165) is 19.1 Å². The zero-order chi connectivity index (χ0) is 8.10. The van der Waals surface area contributed by atoms with Gasteiger partial charge in [-0.1, -0.05) is 0 Å². The molecule has 1 atom stereocenters. The minimum atomic E-state index is 0.430. The number of hydrogen-bond donors (Lipinski definition) is 1. The maximum Gasteiger partial charge on any atom is 0.0468 e. The van der Waals surface area contributed by atoms with Crippen molar-refractivity contribution in [3.05, 3.63) is 0 Å². The average Bonchev–Trinajstić information content (AvgIpc) is 2.06. The van der Waals surface area contributed by atoms with E-state index < -0.39 is 0 Å². The minimum Gasteiger partial charge on any atom is -0.381 e. The quantitative estimate of drug-likeness (QED) is 0.666. The van der Waals surface area contributed by atoms with Crippen LogP contribution < -0.4 is 4.84 Å². The zero-order valence-electron chi connectivity index (χ0n) is 6.98. The molecule has 0 saturated carbocycles. The molecule has 0 unspecified atom stereocenters. The van der Waals surface area contributed by atoms with Crippen LogP contribution in [0.5, 0.6) is 0 Å². The van der Waals surface area contributed by atoms with Gasteiger partial charge in [-0.2, -0.15) is 0 Å². The third kappa shape index (κ3) is 3.41. The highest BCUT2D eigenvalue weighted by atomic mass is 35.5. The molecule has 0 aromatic rings. The van der Waals surface area contributed by atoms with Gasteiger partial charge in [0, 0.05) is 19.3 Å². The second-order valence-corrected chi connectivity index (χ2v) is 3.52. The molecule has 3 heteroatoms. The molecule has 1 rings (SSSR count). The molecule has 0 aromatic heterocycles. The van der Waals surface area contributed by atoms with Crippen molar-refractivity contribution < 1.29 is 4.74 Å². The summed E-state index contributed by atoms with van der Waals surface area (Å²) in [6.45, 7) is 3.97. The van der Waals surface area contributed by atoms with Crippen LogP contribution in [0.4, 0.5) is 0 Å². The Balaban J connectivity index is 2.13. The van der Waals surface area contributed by atoms with Gasteiger partial charge in [0.1, 0.15) is 0 Å². The number of hydrogen-bond acceptors (Lipinski definition) is 2. The van der Waals surface area contributed by atoms with Gasteiger partial charge >= 0.3 is 0 Å². The second-order valence-electron chi connectivity index (χ2n) is 3.30. The van der Waals surface area contributed by atoms with Gasteiger partial charge in [0.25, 0.3) is 0 Å². The van der Waals surface area contributed by atoms with E-state index in [2.05, 4.69) is 11.8 Å². The van der Waals surface area contributed by atoms with Crippen molar-refractivity contribution in [1.29, 1.82) is 0 Å². The van der Waals surface area contributed by atoms with E-state index in [1.54, 1.807) is 0 Å². The first-order valence-corrected chi connectivity index (χ1v) is 4.64. The fourth-order valence-corrected chi connectivity index (χ4v) is 1.62. The molecule has 0 spiro atoms. The first-order valence-electron chi connectivity index (χ1n) is 4.27. The van der Waals surface area contributed by atoms with Crippen molar-refractivity contribution in [2.24, 2.45) is 5.92 Å². The van der Waals surface area contributed by atoms with E-state index in [1.165, 1.54) is 19.3 Å². The summed E-state index contributed by atoms with van der Waals surface area (Å²) in [6.07, 6.45) is 3.57. The summed E-state index contributed by atoms with van der Waals surface area (Å²) in [4.78, 5) is 2.74. The molecule has 0 aromatic carbocycles. The van der Waals surface area contributed by atoms with Crippen LogP contribution >= 0.6 is 11.8 Å². The van der Waals surface area contributed by atoms with E-state index in [-0.39, 0.29) is 0 Å². The van der Waals surface area contributed by atoms with Crippen LogP contribution in [0.3, 0.4) is 0 Å². The SMILES string of the molecule is C[C@@H](CC1CCOCC1)NCl. The first kappa shape index (κ1) is 9.30. The molecule has 0 radical (unpaired) electrons. The number of nitrogens with one attached hydrogen (secondary N) is 1. The minimum absolute atomic E-state index is 0.430. The Morgan fingerprint density at radius 1 is 1.55 bits per heavy atom.